The first kappa shape index (κ1) is 20.9. The Hall–Kier alpha value is -1.40. The molecule has 1 fully saturated rings. The van der Waals surface area contributed by atoms with Crippen molar-refractivity contribution >= 4 is 17.5 Å². The number of nitrogens with zero attached hydrogens (tertiary/aromatic N) is 1. The van der Waals surface area contributed by atoms with Crippen LogP contribution in [-0.4, -0.2) is 62.9 Å². The second kappa shape index (κ2) is 10.1. The molecule has 6 heteroatoms. The first-order chi connectivity index (χ1) is 14.2. The monoisotopic (exact) mass is 419 g/mol. The van der Waals surface area contributed by atoms with Gasteiger partial charge in [-0.05, 0) is 49.8 Å². The number of nitrogens with one attached hydrogen (secondary N) is 1. The third kappa shape index (κ3) is 5.21. The largest absolute Gasteiger partial charge is 0.370 e. The first-order valence-electron chi connectivity index (χ1n) is 11.2. The number of quaternary nitrogens is 2. The van der Waals surface area contributed by atoms with Crippen LogP contribution in [0.3, 0.4) is 0 Å². The number of hydrogen-bond acceptors (Lipinski definition) is 2. The molecule has 0 radical (unpaired) electrons. The van der Waals surface area contributed by atoms with E-state index >= 15 is 0 Å². The summed E-state index contributed by atoms with van der Waals surface area (Å²) in [6.45, 7) is 7.11. The van der Waals surface area contributed by atoms with Gasteiger partial charge in [-0.25, -0.2) is 0 Å². The molecule has 1 amide bonds. The van der Waals surface area contributed by atoms with E-state index in [1.165, 1.54) is 30.5 Å². The average Bonchev–Trinajstić information content (AvgIpc) is 3.03. The summed E-state index contributed by atoms with van der Waals surface area (Å²) in [4.78, 5) is 16.9. The molecule has 1 saturated heterocycles. The highest BCUT2D eigenvalue weighted by atomic mass is 35.5. The molecule has 1 atom stereocenters. The summed E-state index contributed by atoms with van der Waals surface area (Å²) in [5.41, 5.74) is 3.77. The highest BCUT2D eigenvalue weighted by Gasteiger charge is 2.41. The van der Waals surface area contributed by atoms with Crippen molar-refractivity contribution < 1.29 is 19.7 Å². The van der Waals surface area contributed by atoms with E-state index in [1.807, 2.05) is 12.1 Å². The lowest BCUT2D eigenvalue weighted by molar-refractivity contribution is -0.909. The molecule has 0 spiro atoms. The smallest absolute Gasteiger partial charge is 0.254 e. The van der Waals surface area contributed by atoms with Crippen LogP contribution in [0.25, 0.3) is 0 Å². The van der Waals surface area contributed by atoms with Crippen molar-refractivity contribution in [3.8, 4) is 0 Å². The lowest BCUT2D eigenvalue weighted by Crippen LogP contribution is -3.14. The summed E-state index contributed by atoms with van der Waals surface area (Å²) in [6.07, 6.45) is 6.72. The van der Waals surface area contributed by atoms with Crippen molar-refractivity contribution in [2.24, 2.45) is 0 Å². The van der Waals surface area contributed by atoms with Gasteiger partial charge in [0.25, 0.3) is 5.91 Å². The second-order valence-corrected chi connectivity index (χ2v) is 8.96. The van der Waals surface area contributed by atoms with E-state index in [1.54, 1.807) is 4.90 Å². The molecule has 2 aliphatic heterocycles. The van der Waals surface area contributed by atoms with Gasteiger partial charge in [0.2, 0.25) is 0 Å². The molecule has 0 saturated carbocycles. The van der Waals surface area contributed by atoms with Gasteiger partial charge in [0.1, 0.15) is 13.1 Å². The minimum absolute atomic E-state index is 0.213. The fraction of sp³-hybridized carbons (Fsp3) is 0.609. The first-order valence-corrected chi connectivity index (χ1v) is 11.6. The Balaban J connectivity index is 1.34. The van der Waals surface area contributed by atoms with Crippen molar-refractivity contribution in [3.05, 3.63) is 46.0 Å². The molecule has 3 N–H and O–H groups in total. The molecule has 3 aliphatic rings. The van der Waals surface area contributed by atoms with Gasteiger partial charge < -0.3 is 15.0 Å². The summed E-state index contributed by atoms with van der Waals surface area (Å²) in [5, 5.41) is 3.18. The normalized spacial score (nSPS) is 23.0. The van der Waals surface area contributed by atoms with E-state index in [0.717, 1.165) is 75.7 Å². The molecule has 29 heavy (non-hydrogen) atoms. The van der Waals surface area contributed by atoms with E-state index in [0.29, 0.717) is 0 Å². The van der Waals surface area contributed by atoms with Crippen molar-refractivity contribution in [1.29, 1.82) is 0 Å². The molecular weight excluding hydrogens is 386 g/mol. The highest BCUT2D eigenvalue weighted by molar-refractivity contribution is 6.30. The van der Waals surface area contributed by atoms with E-state index in [2.05, 4.69) is 22.3 Å². The number of rotatable bonds is 8. The van der Waals surface area contributed by atoms with Gasteiger partial charge >= 0.3 is 0 Å². The van der Waals surface area contributed by atoms with Crippen LogP contribution >= 0.6 is 11.6 Å². The molecule has 1 aromatic rings. The Morgan fingerprint density at radius 1 is 1.14 bits per heavy atom. The molecule has 1 aliphatic carbocycles. The topological polar surface area (TPSA) is 50.6 Å². The molecule has 0 unspecified atom stereocenters. The molecule has 5 nitrogen and oxygen atoms in total. The number of nitrogens with two attached hydrogens (primary N) is 1. The van der Waals surface area contributed by atoms with Crippen molar-refractivity contribution in [3.63, 3.8) is 0 Å². The summed E-state index contributed by atoms with van der Waals surface area (Å²) in [7, 11) is 0. The standard InChI is InChI=1S/C23H32ClN3O2/c24-19-8-6-18(7-9-19)10-13-27-22(20-4-1-2-5-21(20)23(27)28)25-11-3-12-26-14-16-29-17-15-26/h6-9,22,25H,1-5,10-17H2/p+2/t22-/m0/s1. The number of carbonyl (C=O) groups excluding carboxylic acids is 1. The SMILES string of the molecule is O=C1C2=C(CCCC2)[C@@H]([NH2+]CCC[NH+]2CCOCC2)N1CCc1ccc(Cl)cc1. The van der Waals surface area contributed by atoms with Gasteiger partial charge in [-0.1, -0.05) is 23.7 Å². The third-order valence-electron chi connectivity index (χ3n) is 6.60. The molecule has 158 valence electrons. The van der Waals surface area contributed by atoms with Crippen LogP contribution < -0.4 is 10.2 Å². The van der Waals surface area contributed by atoms with Crippen LogP contribution in [0.5, 0.6) is 0 Å². The van der Waals surface area contributed by atoms with Crippen LogP contribution in [0.4, 0.5) is 0 Å². The molecule has 4 rings (SSSR count). The zero-order valence-corrected chi connectivity index (χ0v) is 18.1. The predicted molar refractivity (Wildman–Crippen MR) is 114 cm³/mol. The van der Waals surface area contributed by atoms with Crippen molar-refractivity contribution in [2.45, 2.75) is 44.7 Å². The molecule has 0 aromatic heterocycles. The summed E-state index contributed by atoms with van der Waals surface area (Å²) < 4.78 is 5.46. The van der Waals surface area contributed by atoms with E-state index in [9.17, 15) is 4.79 Å². The van der Waals surface area contributed by atoms with E-state index in [4.69, 9.17) is 16.3 Å². The summed E-state index contributed by atoms with van der Waals surface area (Å²) >= 11 is 6.01. The number of amides is 1. The Kier molecular flexibility index (Phi) is 7.24. The number of morpholine rings is 1. The maximum Gasteiger partial charge on any atom is 0.254 e. The third-order valence-corrected chi connectivity index (χ3v) is 6.85. The lowest BCUT2D eigenvalue weighted by Gasteiger charge is -2.26. The Bertz CT molecular complexity index is 728. The van der Waals surface area contributed by atoms with Gasteiger partial charge in [0.15, 0.2) is 6.17 Å². The Labute approximate surface area is 179 Å². The van der Waals surface area contributed by atoms with Gasteiger partial charge in [-0.3, -0.25) is 9.69 Å². The molecule has 2 heterocycles. The Morgan fingerprint density at radius 2 is 1.90 bits per heavy atom. The number of benzene rings is 1. The Morgan fingerprint density at radius 3 is 2.69 bits per heavy atom. The van der Waals surface area contributed by atoms with Crippen LogP contribution in [0.2, 0.25) is 5.02 Å². The van der Waals surface area contributed by atoms with Crippen LogP contribution in [0.1, 0.15) is 37.7 Å². The van der Waals surface area contributed by atoms with Crippen molar-refractivity contribution in [1.82, 2.24) is 4.90 Å². The average molecular weight is 420 g/mol. The molecule has 1 aromatic carbocycles. The minimum Gasteiger partial charge on any atom is -0.370 e. The predicted octanol–water partition coefficient (Wildman–Crippen LogP) is 0.790. The van der Waals surface area contributed by atoms with Crippen LogP contribution in [0.15, 0.2) is 35.4 Å². The zero-order chi connectivity index (χ0) is 20.1. The van der Waals surface area contributed by atoms with E-state index in [-0.39, 0.29) is 12.1 Å². The van der Waals surface area contributed by atoms with Crippen molar-refractivity contribution in [2.75, 3.05) is 45.9 Å². The fourth-order valence-electron chi connectivity index (χ4n) is 4.94. The maximum atomic E-state index is 13.1. The zero-order valence-electron chi connectivity index (χ0n) is 17.3. The number of carbonyl (C=O) groups is 1. The molecular formula is C23H34ClN3O2+2. The summed E-state index contributed by atoms with van der Waals surface area (Å²) in [6, 6.07) is 8.01. The van der Waals surface area contributed by atoms with Gasteiger partial charge in [-0.15, -0.1) is 0 Å². The lowest BCUT2D eigenvalue weighted by atomic mass is 9.92. The number of halogens is 1. The van der Waals surface area contributed by atoms with Gasteiger partial charge in [-0.2, -0.15) is 0 Å². The van der Waals surface area contributed by atoms with E-state index < -0.39 is 0 Å². The highest BCUT2D eigenvalue weighted by Crippen LogP contribution is 2.34. The quantitative estimate of drug-likeness (QED) is 0.612. The van der Waals surface area contributed by atoms with Gasteiger partial charge in [0.05, 0.1) is 26.3 Å². The second-order valence-electron chi connectivity index (χ2n) is 8.52. The number of hydrogen-bond donors (Lipinski definition) is 2. The van der Waals surface area contributed by atoms with Crippen LogP contribution in [0, 0.1) is 0 Å². The van der Waals surface area contributed by atoms with Crippen LogP contribution in [-0.2, 0) is 16.0 Å². The van der Waals surface area contributed by atoms with Gasteiger partial charge in [0, 0.05) is 29.1 Å². The minimum atomic E-state index is 0.213. The summed E-state index contributed by atoms with van der Waals surface area (Å²) in [5.74, 6) is 0.286. The molecule has 0 bridgehead atoms. The number of ether oxygens (including phenoxy) is 1. The maximum absolute atomic E-state index is 13.1. The fourth-order valence-corrected chi connectivity index (χ4v) is 5.06.